The van der Waals surface area contributed by atoms with E-state index in [0.717, 1.165) is 49.4 Å². The molecule has 0 saturated heterocycles. The largest absolute Gasteiger partial charge is 0.456 e. The van der Waals surface area contributed by atoms with Gasteiger partial charge < -0.3 is 8.98 Å². The number of rotatable bonds is 3. The Labute approximate surface area is 271 Å². The molecule has 9 aromatic rings. The van der Waals surface area contributed by atoms with Gasteiger partial charge in [0.15, 0.2) is 0 Å². The first kappa shape index (κ1) is 18.1. The first-order valence-corrected chi connectivity index (χ1v) is 14.9. The number of nitrogens with zero attached hydrogens (tertiary/aromatic N) is 1. The van der Waals surface area contributed by atoms with E-state index in [2.05, 4.69) is 65.2 Å². The average molecular weight is 582 g/mol. The number of aromatic nitrogens is 1. The fourth-order valence-electron chi connectivity index (χ4n) is 7.11. The average Bonchev–Trinajstić information content (AvgIpc) is 3.85. The van der Waals surface area contributed by atoms with E-state index >= 15 is 0 Å². The molecule has 0 radical (unpaired) electrons. The fraction of sp³-hybridized carbons (Fsp3) is 0.0233. The molecule has 7 aromatic carbocycles. The molecule has 2 heteroatoms. The van der Waals surface area contributed by atoms with E-state index in [0.29, 0.717) is 16.7 Å². The number of benzene rings is 7. The predicted octanol–water partition coefficient (Wildman–Crippen LogP) is 11.5. The van der Waals surface area contributed by atoms with Gasteiger partial charge in [0, 0.05) is 33.2 Å². The Hall–Kier alpha value is -5.86. The molecular formula is C43H27NO. The molecule has 10 rings (SSSR count). The summed E-state index contributed by atoms with van der Waals surface area (Å²) in [6, 6.07) is 34.0. The van der Waals surface area contributed by atoms with Crippen molar-refractivity contribution in [2.45, 2.75) is 5.92 Å². The van der Waals surface area contributed by atoms with E-state index in [1.165, 1.54) is 0 Å². The van der Waals surface area contributed by atoms with Crippen LogP contribution in [-0.4, -0.2) is 4.57 Å². The lowest BCUT2D eigenvalue weighted by molar-refractivity contribution is 0.669. The molecule has 0 atom stereocenters. The van der Waals surface area contributed by atoms with Crippen molar-refractivity contribution < 1.29 is 15.4 Å². The molecular weight excluding hydrogens is 546 g/mol. The van der Waals surface area contributed by atoms with E-state index in [1.807, 2.05) is 48.5 Å². The smallest absolute Gasteiger partial charge is 0.135 e. The van der Waals surface area contributed by atoms with Crippen LogP contribution in [0.4, 0.5) is 0 Å². The molecule has 0 amide bonds. The van der Waals surface area contributed by atoms with Crippen LogP contribution in [0.25, 0.3) is 71.7 Å². The van der Waals surface area contributed by atoms with Gasteiger partial charge in [-0.15, -0.1) is 0 Å². The van der Waals surface area contributed by atoms with Crippen LogP contribution in [-0.2, 0) is 0 Å². The first-order chi connectivity index (χ1) is 25.6. The molecule has 0 aliphatic heterocycles. The second kappa shape index (κ2) is 9.32. The second-order valence-electron chi connectivity index (χ2n) is 11.5. The monoisotopic (exact) mass is 581 g/mol. The number of furan rings is 1. The van der Waals surface area contributed by atoms with Crippen molar-refractivity contribution in [3.8, 4) is 27.9 Å². The Morgan fingerprint density at radius 3 is 1.89 bits per heavy atom. The van der Waals surface area contributed by atoms with Gasteiger partial charge in [-0.05, 0) is 93.5 Å². The van der Waals surface area contributed by atoms with Crippen molar-refractivity contribution in [2.24, 2.45) is 0 Å². The molecule has 0 N–H and O–H groups in total. The molecule has 1 aliphatic rings. The van der Waals surface area contributed by atoms with Gasteiger partial charge in [0.1, 0.15) is 11.2 Å². The van der Waals surface area contributed by atoms with Gasteiger partial charge in [-0.2, -0.15) is 0 Å². The minimum Gasteiger partial charge on any atom is -0.456 e. The van der Waals surface area contributed by atoms with Gasteiger partial charge in [-0.25, -0.2) is 0 Å². The Morgan fingerprint density at radius 2 is 1.11 bits per heavy atom. The first-order valence-electron chi connectivity index (χ1n) is 18.9. The van der Waals surface area contributed by atoms with Crippen LogP contribution in [0.2, 0.25) is 0 Å². The highest BCUT2D eigenvalue weighted by Crippen LogP contribution is 2.48. The quantitative estimate of drug-likeness (QED) is 0.203. The topological polar surface area (TPSA) is 18.1 Å². The molecule has 0 bridgehead atoms. The summed E-state index contributed by atoms with van der Waals surface area (Å²) in [5, 5.41) is 3.93. The van der Waals surface area contributed by atoms with Crippen molar-refractivity contribution in [3.05, 3.63) is 174 Å². The summed E-state index contributed by atoms with van der Waals surface area (Å²) in [4.78, 5) is 0. The molecule has 0 fully saturated rings. The zero-order valence-electron chi connectivity index (χ0n) is 31.8. The van der Waals surface area contributed by atoms with Gasteiger partial charge >= 0.3 is 0 Å². The lowest BCUT2D eigenvalue weighted by Crippen LogP contribution is -1.98. The van der Waals surface area contributed by atoms with Crippen LogP contribution >= 0.6 is 0 Å². The third kappa shape index (κ3) is 3.57. The van der Waals surface area contributed by atoms with Crippen LogP contribution in [0.5, 0.6) is 0 Å². The third-order valence-corrected chi connectivity index (χ3v) is 9.11. The van der Waals surface area contributed by atoms with E-state index < -0.39 is 30.1 Å². The number of fused-ring (bicyclic) bond motifs is 9. The minimum atomic E-state index is -0.857. The van der Waals surface area contributed by atoms with Crippen molar-refractivity contribution in [1.82, 2.24) is 4.57 Å². The maximum atomic E-state index is 8.94. The third-order valence-electron chi connectivity index (χ3n) is 9.11. The fourth-order valence-corrected chi connectivity index (χ4v) is 7.11. The molecule has 2 aromatic heterocycles. The van der Waals surface area contributed by atoms with E-state index in [1.54, 1.807) is 0 Å². The zero-order chi connectivity index (χ0) is 36.4. The second-order valence-corrected chi connectivity index (χ2v) is 11.5. The Kier molecular flexibility index (Phi) is 3.74. The Morgan fingerprint density at radius 1 is 0.511 bits per heavy atom. The molecule has 0 unspecified atom stereocenters. The van der Waals surface area contributed by atoms with E-state index in [4.69, 9.17) is 15.4 Å². The summed E-state index contributed by atoms with van der Waals surface area (Å²) in [5.41, 5.74) is 8.01. The maximum absolute atomic E-state index is 8.94. The van der Waals surface area contributed by atoms with Crippen molar-refractivity contribution in [3.63, 3.8) is 0 Å². The highest BCUT2D eigenvalue weighted by molar-refractivity contribution is 6.11. The zero-order valence-corrected chi connectivity index (χ0v) is 23.8. The summed E-state index contributed by atoms with van der Waals surface area (Å²) in [6.07, 6.45) is 0. The van der Waals surface area contributed by atoms with Crippen molar-refractivity contribution in [1.29, 1.82) is 0 Å². The summed E-state index contributed by atoms with van der Waals surface area (Å²) in [5.74, 6) is -0.857. The van der Waals surface area contributed by atoms with Gasteiger partial charge in [0.05, 0.1) is 22.0 Å². The summed E-state index contributed by atoms with van der Waals surface area (Å²) in [7, 11) is 0. The van der Waals surface area contributed by atoms with Gasteiger partial charge in [0.25, 0.3) is 0 Å². The lowest BCUT2D eigenvalue weighted by atomic mass is 9.88. The molecule has 210 valence electrons. The van der Waals surface area contributed by atoms with Crippen LogP contribution in [0.15, 0.2) is 162 Å². The van der Waals surface area contributed by atoms with Gasteiger partial charge in [0.2, 0.25) is 0 Å². The van der Waals surface area contributed by atoms with Crippen LogP contribution in [0.3, 0.4) is 0 Å². The van der Waals surface area contributed by atoms with Crippen LogP contribution < -0.4 is 0 Å². The highest BCUT2D eigenvalue weighted by Gasteiger charge is 2.29. The Balaban J connectivity index is 1.17. The molecule has 1 aliphatic carbocycles. The van der Waals surface area contributed by atoms with Crippen molar-refractivity contribution in [2.75, 3.05) is 0 Å². The van der Waals surface area contributed by atoms with Crippen LogP contribution in [0.1, 0.15) is 33.6 Å². The maximum Gasteiger partial charge on any atom is 0.135 e. The van der Waals surface area contributed by atoms with Crippen LogP contribution in [0, 0.1) is 0 Å². The normalized spacial score (nSPS) is 15.3. The summed E-state index contributed by atoms with van der Waals surface area (Å²) < 4.78 is 77.7. The van der Waals surface area contributed by atoms with Gasteiger partial charge in [-0.1, -0.05) is 103 Å². The lowest BCUT2D eigenvalue weighted by Gasteiger charge is -2.14. The summed E-state index contributed by atoms with van der Waals surface area (Å²) >= 11 is 0. The van der Waals surface area contributed by atoms with E-state index in [-0.39, 0.29) is 46.4 Å². The minimum absolute atomic E-state index is 0.117. The number of hydrogen-bond acceptors (Lipinski definition) is 1. The molecule has 0 saturated carbocycles. The van der Waals surface area contributed by atoms with Crippen molar-refractivity contribution >= 4 is 43.7 Å². The predicted molar refractivity (Wildman–Crippen MR) is 186 cm³/mol. The van der Waals surface area contributed by atoms with E-state index in [9.17, 15) is 0 Å². The highest BCUT2D eigenvalue weighted by atomic mass is 16.3. The molecule has 0 spiro atoms. The molecule has 2 nitrogen and oxygen atoms in total. The van der Waals surface area contributed by atoms with Gasteiger partial charge in [-0.3, -0.25) is 0 Å². The number of hydrogen-bond donors (Lipinski definition) is 0. The number of para-hydroxylation sites is 2. The molecule has 45 heavy (non-hydrogen) atoms. The summed E-state index contributed by atoms with van der Waals surface area (Å²) in [6.45, 7) is 0. The molecule has 2 heterocycles. The Bertz CT molecular complexity index is 2990. The standard InChI is InChI=1S/C43H27NO/c1-2-10-30(11-3-1)44-39-17-9-8-14-33(39)36-24-27(18-21-40(36)44)28-19-22-41-37(25-28)38-26-29(20-23-42(38)45-41)43-34-15-6-4-12-31(34)32-13-5-7-16-35(32)43/h1-26,43H/i4D,5D,6D,7D,12D,13D,15D,16D. The SMILES string of the molecule is [2H]c1c([2H])c([2H])c2c(c1[2H])-c1c([2H])c([2H])c([2H])c([2H])c1C2c1ccc2oc3ccc(-c4ccc5c(c4)c4ccccc4n5-c4ccccc4)cc3c2c1.